The Hall–Kier alpha value is -1.30. The second-order valence-electron chi connectivity index (χ2n) is 4.48. The van der Waals surface area contributed by atoms with Gasteiger partial charge in [-0.15, -0.1) is 0 Å². The van der Waals surface area contributed by atoms with Crippen molar-refractivity contribution in [2.24, 2.45) is 5.73 Å². The molecule has 1 heterocycles. The summed E-state index contributed by atoms with van der Waals surface area (Å²) in [5, 5.41) is 11.5. The maximum absolute atomic E-state index is 11.8. The number of nitrogens with two attached hydrogens (primary N) is 1. The van der Waals surface area contributed by atoms with E-state index in [-0.39, 0.29) is 12.1 Å². The van der Waals surface area contributed by atoms with E-state index in [0.29, 0.717) is 19.5 Å². The molecule has 0 radical (unpaired) electrons. The van der Waals surface area contributed by atoms with E-state index in [0.717, 1.165) is 19.3 Å². The number of hydrogen-bond donors (Lipinski definition) is 3. The van der Waals surface area contributed by atoms with Gasteiger partial charge < -0.3 is 21.1 Å². The molecule has 1 aliphatic heterocycles. The average Bonchev–Trinajstić information content (AvgIpc) is 2.70. The van der Waals surface area contributed by atoms with Gasteiger partial charge in [-0.2, -0.15) is 0 Å². The zero-order valence-corrected chi connectivity index (χ0v) is 10.2. The van der Waals surface area contributed by atoms with E-state index in [4.69, 9.17) is 10.8 Å². The highest BCUT2D eigenvalue weighted by Crippen LogP contribution is 2.08. The number of carbonyl (C=O) groups excluding carboxylic acids is 1. The smallest absolute Gasteiger partial charge is 0.326 e. The molecule has 2 unspecified atom stereocenters. The van der Waals surface area contributed by atoms with Crippen LogP contribution >= 0.6 is 0 Å². The number of nitrogens with zero attached hydrogens (tertiary/aromatic N) is 1. The van der Waals surface area contributed by atoms with E-state index in [9.17, 15) is 9.59 Å². The van der Waals surface area contributed by atoms with E-state index in [2.05, 4.69) is 5.32 Å². The zero-order chi connectivity index (χ0) is 12.8. The van der Waals surface area contributed by atoms with Gasteiger partial charge in [0, 0.05) is 19.1 Å². The summed E-state index contributed by atoms with van der Waals surface area (Å²) in [4.78, 5) is 24.3. The van der Waals surface area contributed by atoms with Gasteiger partial charge in [0.05, 0.1) is 0 Å². The number of carboxylic acid groups (broad SMARTS) is 1. The maximum atomic E-state index is 11.8. The fraction of sp³-hybridized carbons (Fsp3) is 0.818. The van der Waals surface area contributed by atoms with E-state index < -0.39 is 12.0 Å². The maximum Gasteiger partial charge on any atom is 0.326 e. The van der Waals surface area contributed by atoms with Gasteiger partial charge in [0.25, 0.3) is 0 Å². The van der Waals surface area contributed by atoms with Gasteiger partial charge in [-0.05, 0) is 12.8 Å². The number of likely N-dealkylation sites (tertiary alicyclic amines) is 1. The van der Waals surface area contributed by atoms with E-state index >= 15 is 0 Å². The molecule has 0 aromatic rings. The van der Waals surface area contributed by atoms with Crippen LogP contribution in [-0.4, -0.2) is 47.2 Å². The van der Waals surface area contributed by atoms with Gasteiger partial charge in [-0.1, -0.05) is 19.8 Å². The fourth-order valence-electron chi connectivity index (χ4n) is 1.88. The largest absolute Gasteiger partial charge is 0.480 e. The highest BCUT2D eigenvalue weighted by atomic mass is 16.4. The molecule has 6 heteroatoms. The van der Waals surface area contributed by atoms with Crippen LogP contribution < -0.4 is 11.1 Å². The molecule has 0 aromatic heterocycles. The molecule has 17 heavy (non-hydrogen) atoms. The molecule has 0 aliphatic carbocycles. The van der Waals surface area contributed by atoms with Crippen molar-refractivity contribution in [2.75, 3.05) is 13.1 Å². The first-order valence-corrected chi connectivity index (χ1v) is 6.08. The predicted octanol–water partition coefficient (Wildman–Crippen LogP) is 0.372. The van der Waals surface area contributed by atoms with E-state index in [1.807, 2.05) is 6.92 Å². The quantitative estimate of drug-likeness (QED) is 0.650. The van der Waals surface area contributed by atoms with Crippen LogP contribution in [-0.2, 0) is 4.79 Å². The minimum absolute atomic E-state index is 0.0136. The molecule has 1 fully saturated rings. The van der Waals surface area contributed by atoms with Gasteiger partial charge in [0.1, 0.15) is 6.04 Å². The molecule has 2 atom stereocenters. The van der Waals surface area contributed by atoms with Crippen molar-refractivity contribution >= 4 is 12.0 Å². The monoisotopic (exact) mass is 243 g/mol. The van der Waals surface area contributed by atoms with Crippen molar-refractivity contribution in [2.45, 2.75) is 44.7 Å². The molecule has 1 aliphatic rings. The number of rotatable bonds is 5. The SMILES string of the molecule is CCCCC(NC(=O)N1CCC(N)C1)C(=O)O. The molecule has 6 nitrogen and oxygen atoms in total. The molecule has 1 saturated heterocycles. The summed E-state index contributed by atoms with van der Waals surface area (Å²) in [6.07, 6.45) is 2.95. The third kappa shape index (κ3) is 4.22. The lowest BCUT2D eigenvalue weighted by Crippen LogP contribution is -2.47. The van der Waals surface area contributed by atoms with E-state index in [1.54, 1.807) is 4.90 Å². The highest BCUT2D eigenvalue weighted by molar-refractivity contribution is 5.82. The molecule has 98 valence electrons. The summed E-state index contributed by atoms with van der Waals surface area (Å²) in [6, 6.07) is -1.10. The van der Waals surface area contributed by atoms with Crippen molar-refractivity contribution in [3.63, 3.8) is 0 Å². The lowest BCUT2D eigenvalue weighted by atomic mass is 10.1. The number of nitrogens with one attached hydrogen (secondary N) is 1. The summed E-state index contributed by atoms with van der Waals surface area (Å²) in [6.45, 7) is 3.10. The molecule has 2 amide bonds. The van der Waals surface area contributed by atoms with Crippen LogP contribution in [0.2, 0.25) is 0 Å². The second-order valence-corrected chi connectivity index (χ2v) is 4.48. The molecule has 0 saturated carbocycles. The highest BCUT2D eigenvalue weighted by Gasteiger charge is 2.27. The number of carbonyl (C=O) groups is 2. The molecule has 0 bridgehead atoms. The number of unbranched alkanes of at least 4 members (excludes halogenated alkanes) is 1. The van der Waals surface area contributed by atoms with Gasteiger partial charge in [0.2, 0.25) is 0 Å². The normalized spacial score (nSPS) is 21.3. The Morgan fingerprint density at radius 2 is 2.29 bits per heavy atom. The van der Waals surface area contributed by atoms with Gasteiger partial charge in [-0.25, -0.2) is 9.59 Å². The summed E-state index contributed by atoms with van der Waals surface area (Å²) >= 11 is 0. The van der Waals surface area contributed by atoms with Crippen LogP contribution in [0.15, 0.2) is 0 Å². The van der Waals surface area contributed by atoms with Crippen LogP contribution in [0, 0.1) is 0 Å². The van der Waals surface area contributed by atoms with E-state index in [1.165, 1.54) is 0 Å². The molecule has 0 spiro atoms. The third-order valence-electron chi connectivity index (χ3n) is 2.95. The summed E-state index contributed by atoms with van der Waals surface area (Å²) < 4.78 is 0. The average molecular weight is 243 g/mol. The lowest BCUT2D eigenvalue weighted by Gasteiger charge is -2.20. The Balaban J connectivity index is 2.43. The number of hydrogen-bond acceptors (Lipinski definition) is 3. The van der Waals surface area contributed by atoms with Crippen molar-refractivity contribution in [1.82, 2.24) is 10.2 Å². The topological polar surface area (TPSA) is 95.7 Å². The number of aliphatic carboxylic acids is 1. The minimum Gasteiger partial charge on any atom is -0.480 e. The van der Waals surface area contributed by atoms with Crippen LogP contribution in [0.5, 0.6) is 0 Å². The Kier molecular flexibility index (Phi) is 5.21. The minimum atomic E-state index is -0.977. The molecule has 4 N–H and O–H groups in total. The van der Waals surface area contributed by atoms with Crippen molar-refractivity contribution in [3.8, 4) is 0 Å². The predicted molar refractivity (Wildman–Crippen MR) is 63.6 cm³/mol. The summed E-state index contributed by atoms with van der Waals surface area (Å²) in [5.74, 6) is -0.977. The van der Waals surface area contributed by atoms with Crippen LogP contribution in [0.4, 0.5) is 4.79 Å². The van der Waals surface area contributed by atoms with Gasteiger partial charge in [-0.3, -0.25) is 0 Å². The van der Waals surface area contributed by atoms with Crippen molar-refractivity contribution < 1.29 is 14.7 Å². The van der Waals surface area contributed by atoms with Crippen LogP contribution in [0.25, 0.3) is 0 Å². The molecular weight excluding hydrogens is 222 g/mol. The molecular formula is C11H21N3O3. The van der Waals surface area contributed by atoms with Gasteiger partial charge >= 0.3 is 12.0 Å². The molecule has 0 aromatic carbocycles. The third-order valence-corrected chi connectivity index (χ3v) is 2.95. The van der Waals surface area contributed by atoms with Gasteiger partial charge in [0.15, 0.2) is 0 Å². The zero-order valence-electron chi connectivity index (χ0n) is 10.2. The Morgan fingerprint density at radius 3 is 2.76 bits per heavy atom. The van der Waals surface area contributed by atoms with Crippen LogP contribution in [0.1, 0.15) is 32.6 Å². The Morgan fingerprint density at radius 1 is 1.59 bits per heavy atom. The lowest BCUT2D eigenvalue weighted by molar-refractivity contribution is -0.139. The first kappa shape index (κ1) is 13.8. The van der Waals surface area contributed by atoms with Crippen LogP contribution in [0.3, 0.4) is 0 Å². The number of urea groups is 1. The van der Waals surface area contributed by atoms with Crippen molar-refractivity contribution in [1.29, 1.82) is 0 Å². The molecule has 1 rings (SSSR count). The second kappa shape index (κ2) is 6.44. The Bertz CT molecular complexity index is 283. The number of amides is 2. The summed E-state index contributed by atoms with van der Waals surface area (Å²) in [7, 11) is 0. The first-order chi connectivity index (χ1) is 8.04. The number of carboxylic acids is 1. The van der Waals surface area contributed by atoms with Crippen molar-refractivity contribution in [3.05, 3.63) is 0 Å². The Labute approximate surface area is 101 Å². The summed E-state index contributed by atoms with van der Waals surface area (Å²) in [5.41, 5.74) is 5.70. The fourth-order valence-corrected chi connectivity index (χ4v) is 1.88. The first-order valence-electron chi connectivity index (χ1n) is 6.08. The standard InChI is InChI=1S/C11H21N3O3/c1-2-3-4-9(10(15)16)13-11(17)14-6-5-8(12)7-14/h8-9H,2-7,12H2,1H3,(H,13,17)(H,15,16).